The summed E-state index contributed by atoms with van der Waals surface area (Å²) in [7, 11) is 0. The lowest BCUT2D eigenvalue weighted by Crippen LogP contribution is -2.33. The van der Waals surface area contributed by atoms with Crippen LogP contribution >= 0.6 is 0 Å². The van der Waals surface area contributed by atoms with Crippen LogP contribution in [0.4, 0.5) is 0 Å². The average molecular weight is 318 g/mol. The van der Waals surface area contributed by atoms with Crippen molar-refractivity contribution in [1.82, 2.24) is 0 Å². The van der Waals surface area contributed by atoms with Crippen molar-refractivity contribution >= 4 is 5.78 Å². The van der Waals surface area contributed by atoms with Gasteiger partial charge in [-0.2, -0.15) is 0 Å². The van der Waals surface area contributed by atoms with Crippen molar-refractivity contribution < 1.29 is 18.8 Å². The first-order chi connectivity index (χ1) is 11.8. The van der Waals surface area contributed by atoms with Crippen LogP contribution in [0, 0.1) is 0 Å². The molecule has 0 amide bonds. The number of fused-ring (bicyclic) bond motifs is 1. The van der Waals surface area contributed by atoms with E-state index >= 15 is 0 Å². The second-order valence-corrected chi connectivity index (χ2v) is 5.64. The van der Waals surface area contributed by atoms with Crippen LogP contribution in [0.25, 0.3) is 0 Å². The molecule has 1 aliphatic heterocycles. The maximum atomic E-state index is 12.6. The third-order valence-electron chi connectivity index (χ3n) is 4.00. The predicted molar refractivity (Wildman–Crippen MR) is 88.2 cm³/mol. The number of ether oxygens (including phenoxy) is 2. The Morgan fingerprint density at radius 2 is 1.62 bits per heavy atom. The van der Waals surface area contributed by atoms with Gasteiger partial charge in [-0.25, -0.2) is 4.57 Å². The second-order valence-electron chi connectivity index (χ2n) is 5.64. The van der Waals surface area contributed by atoms with Gasteiger partial charge in [-0.3, -0.25) is 4.79 Å². The molecule has 0 fully saturated rings. The fourth-order valence-corrected chi connectivity index (χ4v) is 2.71. The van der Waals surface area contributed by atoms with Gasteiger partial charge >= 0.3 is 0 Å². The summed E-state index contributed by atoms with van der Waals surface area (Å²) >= 11 is 0. The Kier molecular flexibility index (Phi) is 3.71. The Labute approximate surface area is 139 Å². The zero-order chi connectivity index (χ0) is 16.4. The number of hydrogen-bond acceptors (Lipinski definition) is 3. The van der Waals surface area contributed by atoms with Crippen LogP contribution < -0.4 is 14.0 Å². The number of nitrogens with zero attached hydrogens (tertiary/aromatic N) is 1. The molecule has 0 unspecified atom stereocenters. The standard InChI is InChI=1S/C20H16NO3/c22-20(17-6-7-18-19(12-17)24-14-23-18)16-8-10-21(11-9-16)13-15-4-2-1-3-5-15/h1-12H,13-14H2/q+1. The summed E-state index contributed by atoms with van der Waals surface area (Å²) in [4.78, 5) is 12.6. The minimum atomic E-state index is -0.0276. The van der Waals surface area contributed by atoms with Crippen LogP contribution in [0.2, 0.25) is 0 Å². The van der Waals surface area contributed by atoms with Crippen molar-refractivity contribution in [3.8, 4) is 11.5 Å². The van der Waals surface area contributed by atoms with E-state index in [1.807, 2.05) is 47.3 Å². The Morgan fingerprint density at radius 3 is 2.42 bits per heavy atom. The molecule has 4 nitrogen and oxygen atoms in total. The molecule has 2 heterocycles. The first-order valence-corrected chi connectivity index (χ1v) is 7.77. The minimum Gasteiger partial charge on any atom is -0.454 e. The van der Waals surface area contributed by atoms with E-state index in [4.69, 9.17) is 9.47 Å². The fraction of sp³-hybridized carbons (Fsp3) is 0.100. The Bertz CT molecular complexity index is 873. The summed E-state index contributed by atoms with van der Waals surface area (Å²) in [6, 6.07) is 19.2. The van der Waals surface area contributed by atoms with Crippen molar-refractivity contribution in [3.63, 3.8) is 0 Å². The van der Waals surface area contributed by atoms with Crippen molar-refractivity contribution in [1.29, 1.82) is 0 Å². The zero-order valence-corrected chi connectivity index (χ0v) is 13.0. The van der Waals surface area contributed by atoms with E-state index in [0.717, 1.165) is 6.54 Å². The molecule has 0 saturated carbocycles. The number of benzene rings is 2. The van der Waals surface area contributed by atoms with Gasteiger partial charge in [0.15, 0.2) is 36.2 Å². The highest BCUT2D eigenvalue weighted by Gasteiger charge is 2.17. The minimum absolute atomic E-state index is 0.0276. The summed E-state index contributed by atoms with van der Waals surface area (Å²) in [5.41, 5.74) is 2.47. The van der Waals surface area contributed by atoms with E-state index < -0.39 is 0 Å². The molecule has 24 heavy (non-hydrogen) atoms. The number of pyridine rings is 1. The van der Waals surface area contributed by atoms with E-state index in [1.54, 1.807) is 18.2 Å². The molecular formula is C20H16NO3+. The third-order valence-corrected chi connectivity index (χ3v) is 4.00. The first-order valence-electron chi connectivity index (χ1n) is 7.77. The van der Waals surface area contributed by atoms with Crippen molar-refractivity contribution in [3.05, 3.63) is 89.7 Å². The lowest BCUT2D eigenvalue weighted by molar-refractivity contribution is -0.688. The van der Waals surface area contributed by atoms with Crippen LogP contribution in [-0.4, -0.2) is 12.6 Å². The van der Waals surface area contributed by atoms with Gasteiger partial charge < -0.3 is 9.47 Å². The molecule has 0 bridgehead atoms. The van der Waals surface area contributed by atoms with Crippen molar-refractivity contribution in [2.45, 2.75) is 6.54 Å². The number of aromatic nitrogens is 1. The Hall–Kier alpha value is -3.14. The van der Waals surface area contributed by atoms with Gasteiger partial charge in [0, 0.05) is 28.8 Å². The topological polar surface area (TPSA) is 39.4 Å². The van der Waals surface area contributed by atoms with Crippen molar-refractivity contribution in [2.75, 3.05) is 6.79 Å². The molecule has 0 spiro atoms. The second kappa shape index (κ2) is 6.16. The fourth-order valence-electron chi connectivity index (χ4n) is 2.71. The van der Waals surface area contributed by atoms with E-state index in [1.165, 1.54) is 5.56 Å². The van der Waals surface area contributed by atoms with Crippen LogP contribution in [0.5, 0.6) is 11.5 Å². The number of rotatable bonds is 4. The van der Waals surface area contributed by atoms with Gasteiger partial charge in [0.2, 0.25) is 6.79 Å². The number of hydrogen-bond donors (Lipinski definition) is 0. The predicted octanol–water partition coefficient (Wildman–Crippen LogP) is 2.98. The molecule has 0 saturated heterocycles. The van der Waals surface area contributed by atoms with Crippen LogP contribution in [-0.2, 0) is 6.54 Å². The maximum Gasteiger partial charge on any atom is 0.231 e. The van der Waals surface area contributed by atoms with E-state index in [9.17, 15) is 4.79 Å². The van der Waals surface area contributed by atoms with Gasteiger partial charge in [0.25, 0.3) is 0 Å². The number of ketones is 1. The molecule has 2 aromatic carbocycles. The highest BCUT2D eigenvalue weighted by Crippen LogP contribution is 2.33. The SMILES string of the molecule is O=C(c1cc[n+](Cc2ccccc2)cc1)c1ccc2c(c1)OCO2. The van der Waals surface area contributed by atoms with Gasteiger partial charge in [0.1, 0.15) is 0 Å². The number of carbonyl (C=O) groups excluding carboxylic acids is 1. The lowest BCUT2D eigenvalue weighted by Gasteiger charge is -2.03. The van der Waals surface area contributed by atoms with Crippen LogP contribution in [0.3, 0.4) is 0 Å². The van der Waals surface area contributed by atoms with Crippen LogP contribution in [0.1, 0.15) is 21.5 Å². The zero-order valence-electron chi connectivity index (χ0n) is 13.0. The quantitative estimate of drug-likeness (QED) is 0.548. The lowest BCUT2D eigenvalue weighted by atomic mass is 10.0. The van der Waals surface area contributed by atoms with E-state index in [0.29, 0.717) is 22.6 Å². The third kappa shape index (κ3) is 2.86. The molecule has 0 N–H and O–H groups in total. The van der Waals surface area contributed by atoms with Gasteiger partial charge in [0.05, 0.1) is 0 Å². The van der Waals surface area contributed by atoms with Gasteiger partial charge in [-0.1, -0.05) is 30.3 Å². The molecule has 0 aliphatic carbocycles. The summed E-state index contributed by atoms with van der Waals surface area (Å²) in [6.07, 6.45) is 3.85. The molecule has 3 aromatic rings. The molecule has 1 aromatic heterocycles. The summed E-state index contributed by atoms with van der Waals surface area (Å²) < 4.78 is 12.7. The smallest absolute Gasteiger partial charge is 0.231 e. The molecule has 118 valence electrons. The highest BCUT2D eigenvalue weighted by atomic mass is 16.7. The maximum absolute atomic E-state index is 12.6. The first kappa shape index (κ1) is 14.5. The Balaban J connectivity index is 1.53. The van der Waals surface area contributed by atoms with Gasteiger partial charge in [-0.05, 0) is 18.2 Å². The molecule has 0 radical (unpaired) electrons. The molecule has 4 heteroatoms. The molecular weight excluding hydrogens is 302 g/mol. The monoisotopic (exact) mass is 318 g/mol. The summed E-state index contributed by atoms with van der Waals surface area (Å²) in [5, 5.41) is 0. The summed E-state index contributed by atoms with van der Waals surface area (Å²) in [5.74, 6) is 1.27. The normalized spacial score (nSPS) is 12.2. The Morgan fingerprint density at radius 1 is 0.875 bits per heavy atom. The molecule has 4 rings (SSSR count). The molecule has 0 atom stereocenters. The highest BCUT2D eigenvalue weighted by molar-refractivity contribution is 6.09. The van der Waals surface area contributed by atoms with E-state index in [2.05, 4.69) is 12.1 Å². The molecule has 1 aliphatic rings. The van der Waals surface area contributed by atoms with Gasteiger partial charge in [-0.15, -0.1) is 0 Å². The number of carbonyl (C=O) groups is 1. The van der Waals surface area contributed by atoms with E-state index in [-0.39, 0.29) is 12.6 Å². The van der Waals surface area contributed by atoms with Crippen molar-refractivity contribution in [2.24, 2.45) is 0 Å². The largest absolute Gasteiger partial charge is 0.454 e. The average Bonchev–Trinajstić information content (AvgIpc) is 3.10. The van der Waals surface area contributed by atoms with Crippen LogP contribution in [0.15, 0.2) is 73.1 Å². The summed E-state index contributed by atoms with van der Waals surface area (Å²) in [6.45, 7) is 0.983.